The third kappa shape index (κ3) is 6.45. The number of amides is 1. The molecule has 3 rings (SSSR count). The van der Waals surface area contributed by atoms with Gasteiger partial charge in [0.15, 0.2) is 0 Å². The summed E-state index contributed by atoms with van der Waals surface area (Å²) in [5.74, 6) is 0.684. The van der Waals surface area contributed by atoms with Crippen molar-refractivity contribution >= 4 is 45.0 Å². The smallest absolute Gasteiger partial charge is 0.248 e. The third-order valence-corrected chi connectivity index (χ3v) is 7.92. The lowest BCUT2D eigenvalue weighted by Gasteiger charge is -2.20. The standard InChI is InChI=1S/C22H26Cl2N4O4S/c1-27(14-16-6-8-17(9-7-16)22-25-10-11-26-22)20(29)15-32-13-12-28(2)33(30,31)21-18(23)4-3-5-19(21)24/h3-9H,10-15H2,1-2H3,(H,25,26). The van der Waals surface area contributed by atoms with Crippen molar-refractivity contribution in [2.75, 3.05) is 46.9 Å². The lowest BCUT2D eigenvalue weighted by molar-refractivity contribution is -0.135. The van der Waals surface area contributed by atoms with E-state index in [2.05, 4.69) is 10.3 Å². The van der Waals surface area contributed by atoms with Gasteiger partial charge in [-0.2, -0.15) is 4.31 Å². The Labute approximate surface area is 204 Å². The van der Waals surface area contributed by atoms with E-state index in [4.69, 9.17) is 27.9 Å². The van der Waals surface area contributed by atoms with Gasteiger partial charge < -0.3 is 15.0 Å². The molecule has 0 spiro atoms. The zero-order chi connectivity index (χ0) is 24.0. The highest BCUT2D eigenvalue weighted by atomic mass is 35.5. The van der Waals surface area contributed by atoms with Crippen LogP contribution in [0.4, 0.5) is 0 Å². The number of hydrogen-bond donors (Lipinski definition) is 1. The second-order valence-electron chi connectivity index (χ2n) is 7.53. The largest absolute Gasteiger partial charge is 0.370 e. The van der Waals surface area contributed by atoms with Crippen LogP contribution in [0.3, 0.4) is 0 Å². The second-order valence-corrected chi connectivity index (χ2v) is 10.3. The van der Waals surface area contributed by atoms with Crippen LogP contribution in [0.15, 0.2) is 52.4 Å². The Morgan fingerprint density at radius 3 is 2.39 bits per heavy atom. The Morgan fingerprint density at radius 1 is 1.12 bits per heavy atom. The number of nitrogens with zero attached hydrogens (tertiary/aromatic N) is 3. The van der Waals surface area contributed by atoms with Crippen LogP contribution in [-0.2, 0) is 26.1 Å². The number of nitrogens with one attached hydrogen (secondary N) is 1. The van der Waals surface area contributed by atoms with Crippen LogP contribution >= 0.6 is 23.2 Å². The fraction of sp³-hybridized carbons (Fsp3) is 0.364. The maximum absolute atomic E-state index is 12.7. The van der Waals surface area contributed by atoms with Gasteiger partial charge in [-0.3, -0.25) is 9.79 Å². The topological polar surface area (TPSA) is 91.3 Å². The molecule has 8 nitrogen and oxygen atoms in total. The molecule has 33 heavy (non-hydrogen) atoms. The molecule has 11 heteroatoms. The summed E-state index contributed by atoms with van der Waals surface area (Å²) in [5, 5.41) is 3.32. The van der Waals surface area contributed by atoms with E-state index < -0.39 is 10.0 Å². The van der Waals surface area contributed by atoms with Crippen LogP contribution in [0.2, 0.25) is 10.0 Å². The molecule has 0 radical (unpaired) electrons. The SMILES string of the molecule is CN(Cc1ccc(C2=NCCN2)cc1)C(=O)COCCN(C)S(=O)(=O)c1c(Cl)cccc1Cl. The number of sulfonamides is 1. The summed E-state index contributed by atoms with van der Waals surface area (Å²) in [6.07, 6.45) is 0. The summed E-state index contributed by atoms with van der Waals surface area (Å²) >= 11 is 12.0. The molecule has 1 heterocycles. The van der Waals surface area contributed by atoms with E-state index in [1.165, 1.54) is 19.2 Å². The maximum atomic E-state index is 12.7. The van der Waals surface area contributed by atoms with Gasteiger partial charge in [-0.1, -0.05) is 53.5 Å². The number of hydrogen-bond acceptors (Lipinski definition) is 6. The Hall–Kier alpha value is -2.17. The summed E-state index contributed by atoms with van der Waals surface area (Å²) in [4.78, 5) is 18.2. The van der Waals surface area contributed by atoms with Crippen molar-refractivity contribution in [1.29, 1.82) is 0 Å². The summed E-state index contributed by atoms with van der Waals surface area (Å²) in [6.45, 7) is 1.99. The first-order valence-electron chi connectivity index (χ1n) is 10.3. The van der Waals surface area contributed by atoms with Crippen molar-refractivity contribution in [2.24, 2.45) is 4.99 Å². The van der Waals surface area contributed by atoms with Gasteiger partial charge >= 0.3 is 0 Å². The van der Waals surface area contributed by atoms with Crippen LogP contribution < -0.4 is 5.32 Å². The Balaban J connectivity index is 1.45. The first kappa shape index (κ1) is 25.5. The third-order valence-electron chi connectivity index (χ3n) is 5.11. The second kappa shape index (κ2) is 11.3. The van der Waals surface area contributed by atoms with Gasteiger partial charge in [0.05, 0.1) is 23.2 Å². The van der Waals surface area contributed by atoms with E-state index in [1.807, 2.05) is 24.3 Å². The molecule has 0 saturated carbocycles. The molecule has 0 atom stereocenters. The zero-order valence-corrected chi connectivity index (χ0v) is 20.8. The van der Waals surface area contributed by atoms with Crippen molar-refractivity contribution in [3.05, 3.63) is 63.6 Å². The summed E-state index contributed by atoms with van der Waals surface area (Å²) in [6, 6.07) is 12.4. The molecule has 2 aromatic carbocycles. The molecule has 1 amide bonds. The molecule has 0 fully saturated rings. The summed E-state index contributed by atoms with van der Waals surface area (Å²) in [7, 11) is -0.789. The first-order chi connectivity index (χ1) is 15.7. The van der Waals surface area contributed by atoms with E-state index in [1.54, 1.807) is 18.0 Å². The van der Waals surface area contributed by atoms with E-state index in [0.717, 1.165) is 34.4 Å². The maximum Gasteiger partial charge on any atom is 0.248 e. The van der Waals surface area contributed by atoms with Gasteiger partial charge in [0.1, 0.15) is 17.3 Å². The molecular weight excluding hydrogens is 487 g/mol. The van der Waals surface area contributed by atoms with E-state index >= 15 is 0 Å². The van der Waals surface area contributed by atoms with Gasteiger partial charge in [0.25, 0.3) is 0 Å². The van der Waals surface area contributed by atoms with Crippen molar-refractivity contribution < 1.29 is 17.9 Å². The van der Waals surface area contributed by atoms with Crippen molar-refractivity contribution in [3.63, 3.8) is 0 Å². The first-order valence-corrected chi connectivity index (χ1v) is 12.5. The molecule has 0 bridgehead atoms. The molecule has 0 saturated heterocycles. The number of carbonyl (C=O) groups excluding carboxylic acids is 1. The zero-order valence-electron chi connectivity index (χ0n) is 18.4. The lowest BCUT2D eigenvalue weighted by atomic mass is 10.1. The van der Waals surface area contributed by atoms with Gasteiger partial charge in [-0.15, -0.1) is 0 Å². The number of halogens is 2. The number of carbonyl (C=O) groups is 1. The van der Waals surface area contributed by atoms with Gasteiger partial charge in [0.2, 0.25) is 15.9 Å². The number of benzene rings is 2. The molecule has 0 aromatic heterocycles. The minimum absolute atomic E-state index is 0.0419. The molecule has 1 N–H and O–H groups in total. The minimum Gasteiger partial charge on any atom is -0.370 e. The minimum atomic E-state index is -3.89. The number of ether oxygens (including phenoxy) is 1. The quantitative estimate of drug-likeness (QED) is 0.494. The average Bonchev–Trinajstić information content (AvgIpc) is 3.31. The highest BCUT2D eigenvalue weighted by Gasteiger charge is 2.26. The molecule has 0 aliphatic carbocycles. The fourth-order valence-electron chi connectivity index (χ4n) is 3.19. The molecule has 1 aliphatic heterocycles. The van der Waals surface area contributed by atoms with Crippen LogP contribution in [-0.4, -0.2) is 76.3 Å². The normalized spacial score (nSPS) is 13.7. The lowest BCUT2D eigenvalue weighted by Crippen LogP contribution is -2.33. The van der Waals surface area contributed by atoms with Gasteiger partial charge in [0, 0.05) is 39.3 Å². The summed E-state index contributed by atoms with van der Waals surface area (Å²) in [5.41, 5.74) is 2.00. The summed E-state index contributed by atoms with van der Waals surface area (Å²) < 4.78 is 32.0. The fourth-order valence-corrected chi connectivity index (χ4v) is 5.43. The predicted molar refractivity (Wildman–Crippen MR) is 129 cm³/mol. The van der Waals surface area contributed by atoms with Gasteiger partial charge in [-0.05, 0) is 17.7 Å². The monoisotopic (exact) mass is 512 g/mol. The van der Waals surface area contributed by atoms with Crippen LogP contribution in [0.25, 0.3) is 0 Å². The van der Waals surface area contributed by atoms with Crippen molar-refractivity contribution in [2.45, 2.75) is 11.4 Å². The molecule has 2 aromatic rings. The highest BCUT2D eigenvalue weighted by Crippen LogP contribution is 2.30. The van der Waals surface area contributed by atoms with E-state index in [0.29, 0.717) is 6.54 Å². The highest BCUT2D eigenvalue weighted by molar-refractivity contribution is 7.89. The van der Waals surface area contributed by atoms with Crippen LogP contribution in [0, 0.1) is 0 Å². The molecular formula is C22H26Cl2N4O4S. The molecule has 178 valence electrons. The van der Waals surface area contributed by atoms with Crippen molar-refractivity contribution in [3.8, 4) is 0 Å². The number of aliphatic imine (C=N–C) groups is 1. The van der Waals surface area contributed by atoms with Crippen LogP contribution in [0.5, 0.6) is 0 Å². The Kier molecular flexibility index (Phi) is 8.72. The Morgan fingerprint density at radius 2 is 1.79 bits per heavy atom. The average molecular weight is 513 g/mol. The number of rotatable bonds is 10. The van der Waals surface area contributed by atoms with Crippen molar-refractivity contribution in [1.82, 2.24) is 14.5 Å². The van der Waals surface area contributed by atoms with Crippen LogP contribution in [0.1, 0.15) is 11.1 Å². The molecule has 0 unspecified atom stereocenters. The van der Waals surface area contributed by atoms with E-state index in [-0.39, 0.29) is 40.6 Å². The Bertz CT molecular complexity index is 1100. The number of likely N-dealkylation sites (N-methyl/N-ethyl adjacent to an activating group) is 2. The van der Waals surface area contributed by atoms with E-state index in [9.17, 15) is 13.2 Å². The molecule has 1 aliphatic rings. The predicted octanol–water partition coefficient (Wildman–Crippen LogP) is 2.64. The number of amidine groups is 1. The van der Waals surface area contributed by atoms with Gasteiger partial charge in [-0.25, -0.2) is 8.42 Å².